The molecule has 0 atom stereocenters. The quantitative estimate of drug-likeness (QED) is 0.562. The SMILES string of the molecule is Cc1ccc(Sc2ccccc2C=CC(=O)NCCCCO)cc1. The van der Waals surface area contributed by atoms with E-state index in [0.29, 0.717) is 13.0 Å². The summed E-state index contributed by atoms with van der Waals surface area (Å²) in [6.07, 6.45) is 4.90. The number of aryl methyl sites for hydroxylation is 1. The van der Waals surface area contributed by atoms with Crippen LogP contribution in [0.25, 0.3) is 6.08 Å². The molecule has 0 aliphatic heterocycles. The van der Waals surface area contributed by atoms with E-state index in [0.717, 1.165) is 16.9 Å². The third-order valence-corrected chi connectivity index (χ3v) is 4.57. The Balaban J connectivity index is 1.99. The molecule has 1 amide bonds. The van der Waals surface area contributed by atoms with Gasteiger partial charge >= 0.3 is 0 Å². The van der Waals surface area contributed by atoms with Gasteiger partial charge in [-0.2, -0.15) is 0 Å². The predicted molar refractivity (Wildman–Crippen MR) is 100 cm³/mol. The highest BCUT2D eigenvalue weighted by atomic mass is 32.2. The molecule has 2 aromatic carbocycles. The molecular weight excluding hydrogens is 318 g/mol. The smallest absolute Gasteiger partial charge is 0.243 e. The fourth-order valence-electron chi connectivity index (χ4n) is 2.12. The van der Waals surface area contributed by atoms with Gasteiger partial charge in [0, 0.05) is 29.0 Å². The second kappa shape index (κ2) is 9.96. The molecule has 4 heteroatoms. The molecule has 0 spiro atoms. The Morgan fingerprint density at radius 2 is 1.88 bits per heavy atom. The van der Waals surface area contributed by atoms with Crippen LogP contribution in [0.4, 0.5) is 0 Å². The van der Waals surface area contributed by atoms with Crippen molar-refractivity contribution in [2.75, 3.05) is 13.2 Å². The van der Waals surface area contributed by atoms with E-state index >= 15 is 0 Å². The van der Waals surface area contributed by atoms with Crippen molar-refractivity contribution in [2.45, 2.75) is 29.6 Å². The number of nitrogens with one attached hydrogen (secondary N) is 1. The molecule has 126 valence electrons. The number of amides is 1. The Kier molecular flexibility index (Phi) is 7.59. The third kappa shape index (κ3) is 6.22. The maximum atomic E-state index is 11.8. The van der Waals surface area contributed by atoms with Gasteiger partial charge in [0.2, 0.25) is 5.91 Å². The average molecular weight is 341 g/mol. The normalized spacial score (nSPS) is 10.9. The van der Waals surface area contributed by atoms with Crippen LogP contribution in [0.5, 0.6) is 0 Å². The summed E-state index contributed by atoms with van der Waals surface area (Å²) in [5.74, 6) is -0.108. The molecule has 0 aromatic heterocycles. The Morgan fingerprint density at radius 3 is 2.62 bits per heavy atom. The summed E-state index contributed by atoms with van der Waals surface area (Å²) in [6, 6.07) is 16.4. The monoisotopic (exact) mass is 341 g/mol. The minimum atomic E-state index is -0.108. The molecule has 0 fully saturated rings. The van der Waals surface area contributed by atoms with E-state index in [1.807, 2.05) is 24.3 Å². The summed E-state index contributed by atoms with van der Waals surface area (Å²) >= 11 is 1.69. The lowest BCUT2D eigenvalue weighted by atomic mass is 10.2. The maximum absolute atomic E-state index is 11.8. The number of hydrogen-bond acceptors (Lipinski definition) is 3. The number of hydrogen-bond donors (Lipinski definition) is 2. The third-order valence-electron chi connectivity index (χ3n) is 3.47. The Bertz CT molecular complexity index is 680. The van der Waals surface area contributed by atoms with Crippen LogP contribution in [-0.2, 0) is 4.79 Å². The van der Waals surface area contributed by atoms with Crippen molar-refractivity contribution in [1.82, 2.24) is 5.32 Å². The molecule has 0 aliphatic rings. The molecule has 0 saturated carbocycles. The second-order valence-corrected chi connectivity index (χ2v) is 6.62. The van der Waals surface area contributed by atoms with E-state index in [1.54, 1.807) is 17.8 Å². The van der Waals surface area contributed by atoms with Gasteiger partial charge in [-0.15, -0.1) is 0 Å². The van der Waals surface area contributed by atoms with Crippen LogP contribution in [0.1, 0.15) is 24.0 Å². The zero-order valence-electron chi connectivity index (χ0n) is 13.9. The standard InChI is InChI=1S/C20H23NO2S/c1-16-8-11-18(12-9-16)24-19-7-3-2-6-17(19)10-13-20(23)21-14-4-5-15-22/h2-3,6-13,22H,4-5,14-15H2,1H3,(H,21,23). The second-order valence-electron chi connectivity index (χ2n) is 5.51. The first-order valence-corrected chi connectivity index (χ1v) is 8.91. The molecule has 2 aromatic rings. The van der Waals surface area contributed by atoms with E-state index < -0.39 is 0 Å². The molecule has 2 N–H and O–H groups in total. The van der Waals surface area contributed by atoms with E-state index in [2.05, 4.69) is 42.6 Å². The Hall–Kier alpha value is -2.04. The maximum Gasteiger partial charge on any atom is 0.243 e. The highest BCUT2D eigenvalue weighted by Gasteiger charge is 2.02. The topological polar surface area (TPSA) is 49.3 Å². The first-order valence-electron chi connectivity index (χ1n) is 8.09. The largest absolute Gasteiger partial charge is 0.396 e. The molecule has 0 saturated heterocycles. The minimum Gasteiger partial charge on any atom is -0.396 e. The molecule has 24 heavy (non-hydrogen) atoms. The van der Waals surface area contributed by atoms with Crippen LogP contribution < -0.4 is 5.32 Å². The van der Waals surface area contributed by atoms with Crippen LogP contribution in [0.15, 0.2) is 64.4 Å². The molecule has 3 nitrogen and oxygen atoms in total. The van der Waals surface area contributed by atoms with Crippen LogP contribution in [0, 0.1) is 6.92 Å². The van der Waals surface area contributed by atoms with E-state index in [-0.39, 0.29) is 12.5 Å². The molecule has 0 unspecified atom stereocenters. The first-order chi connectivity index (χ1) is 11.7. The van der Waals surface area contributed by atoms with Crippen molar-refractivity contribution in [3.05, 3.63) is 65.7 Å². The van der Waals surface area contributed by atoms with Gasteiger partial charge in [-0.1, -0.05) is 47.7 Å². The van der Waals surface area contributed by atoms with Gasteiger partial charge in [0.25, 0.3) is 0 Å². The molecule has 0 bridgehead atoms. The summed E-state index contributed by atoms with van der Waals surface area (Å²) in [7, 11) is 0. The van der Waals surface area contributed by atoms with E-state index in [1.165, 1.54) is 10.5 Å². The van der Waals surface area contributed by atoms with Crippen molar-refractivity contribution in [2.24, 2.45) is 0 Å². The van der Waals surface area contributed by atoms with Crippen molar-refractivity contribution in [1.29, 1.82) is 0 Å². The highest BCUT2D eigenvalue weighted by Crippen LogP contribution is 2.31. The summed E-state index contributed by atoms with van der Waals surface area (Å²) in [5, 5.41) is 11.5. The van der Waals surface area contributed by atoms with Gasteiger partial charge in [-0.3, -0.25) is 4.79 Å². The predicted octanol–water partition coefficient (Wildman–Crippen LogP) is 4.05. The fraction of sp³-hybridized carbons (Fsp3) is 0.250. The summed E-state index contributed by atoms with van der Waals surface area (Å²) in [5.41, 5.74) is 2.26. The van der Waals surface area contributed by atoms with Crippen LogP contribution >= 0.6 is 11.8 Å². The number of carbonyl (C=O) groups excluding carboxylic acids is 1. The highest BCUT2D eigenvalue weighted by molar-refractivity contribution is 7.99. The summed E-state index contributed by atoms with van der Waals surface area (Å²) in [4.78, 5) is 14.1. The van der Waals surface area contributed by atoms with E-state index in [9.17, 15) is 4.79 Å². The fourth-order valence-corrected chi connectivity index (χ4v) is 3.04. The Morgan fingerprint density at radius 1 is 1.12 bits per heavy atom. The van der Waals surface area contributed by atoms with Gasteiger partial charge in [0.15, 0.2) is 0 Å². The van der Waals surface area contributed by atoms with E-state index in [4.69, 9.17) is 5.11 Å². The first kappa shape index (κ1) is 18.3. The van der Waals surface area contributed by atoms with Gasteiger partial charge in [-0.05, 0) is 49.6 Å². The lowest BCUT2D eigenvalue weighted by Gasteiger charge is -2.06. The number of carbonyl (C=O) groups is 1. The van der Waals surface area contributed by atoms with Gasteiger partial charge in [-0.25, -0.2) is 0 Å². The molecule has 0 aliphatic carbocycles. The number of rotatable bonds is 8. The number of aliphatic hydroxyl groups is 1. The van der Waals surface area contributed by atoms with Crippen molar-refractivity contribution in [3.8, 4) is 0 Å². The molecule has 0 radical (unpaired) electrons. The average Bonchev–Trinajstić information content (AvgIpc) is 2.60. The van der Waals surface area contributed by atoms with Crippen LogP contribution in [-0.4, -0.2) is 24.2 Å². The lowest BCUT2D eigenvalue weighted by molar-refractivity contribution is -0.116. The van der Waals surface area contributed by atoms with Crippen LogP contribution in [0.2, 0.25) is 0 Å². The zero-order valence-corrected chi connectivity index (χ0v) is 14.7. The van der Waals surface area contributed by atoms with Gasteiger partial charge < -0.3 is 10.4 Å². The molecule has 2 rings (SSSR count). The van der Waals surface area contributed by atoms with Gasteiger partial charge in [0.1, 0.15) is 0 Å². The number of benzene rings is 2. The van der Waals surface area contributed by atoms with Crippen molar-refractivity contribution in [3.63, 3.8) is 0 Å². The molecule has 0 heterocycles. The van der Waals surface area contributed by atoms with Gasteiger partial charge in [0.05, 0.1) is 0 Å². The van der Waals surface area contributed by atoms with Crippen LogP contribution in [0.3, 0.4) is 0 Å². The minimum absolute atomic E-state index is 0.108. The summed E-state index contributed by atoms with van der Waals surface area (Å²) < 4.78 is 0. The van der Waals surface area contributed by atoms with Crippen molar-refractivity contribution >= 4 is 23.7 Å². The summed E-state index contributed by atoms with van der Waals surface area (Å²) in [6.45, 7) is 2.82. The number of unbranched alkanes of at least 4 members (excludes halogenated alkanes) is 1. The molecular formula is C20H23NO2S. The Labute approximate surface area is 147 Å². The lowest BCUT2D eigenvalue weighted by Crippen LogP contribution is -2.22. The zero-order chi connectivity index (χ0) is 17.2. The number of aliphatic hydroxyl groups excluding tert-OH is 1. The van der Waals surface area contributed by atoms with Crippen molar-refractivity contribution < 1.29 is 9.90 Å².